The Balaban J connectivity index is 1.96. The lowest BCUT2D eigenvalue weighted by molar-refractivity contribution is -0.118. The predicted octanol–water partition coefficient (Wildman–Crippen LogP) is 3.10. The van der Waals surface area contributed by atoms with Gasteiger partial charge in [0.2, 0.25) is 0 Å². The normalized spacial score (nSPS) is 11.0. The van der Waals surface area contributed by atoms with Crippen LogP contribution in [0.3, 0.4) is 0 Å². The van der Waals surface area contributed by atoms with Gasteiger partial charge in [0, 0.05) is 0 Å². The van der Waals surface area contributed by atoms with Crippen LogP contribution in [0.15, 0.2) is 48.5 Å². The van der Waals surface area contributed by atoms with Crippen molar-refractivity contribution >= 4 is 17.5 Å². The average Bonchev–Trinajstić information content (AvgIpc) is 2.53. The fraction of sp³-hybridized carbons (Fsp3) is 0.263. The lowest BCUT2D eigenvalue weighted by Gasteiger charge is -2.19. The summed E-state index contributed by atoms with van der Waals surface area (Å²) in [6.07, 6.45) is 0. The smallest absolute Gasteiger partial charge is 0.262 e. The van der Waals surface area contributed by atoms with E-state index in [9.17, 15) is 9.59 Å². The molecule has 126 valence electrons. The number of rotatable bonds is 5. The first kappa shape index (κ1) is 17.5. The summed E-state index contributed by atoms with van der Waals surface area (Å²) >= 11 is 0. The second kappa shape index (κ2) is 7.17. The summed E-state index contributed by atoms with van der Waals surface area (Å²) in [6.45, 7) is 6.24. The first-order chi connectivity index (χ1) is 11.3. The second-order valence-corrected chi connectivity index (χ2v) is 6.52. The van der Waals surface area contributed by atoms with Crippen LogP contribution in [0.25, 0.3) is 0 Å². The molecule has 0 fully saturated rings. The van der Waals surface area contributed by atoms with Crippen LogP contribution in [0, 0.1) is 0 Å². The van der Waals surface area contributed by atoms with E-state index in [4.69, 9.17) is 10.5 Å². The largest absolute Gasteiger partial charge is 0.484 e. The van der Waals surface area contributed by atoms with Crippen LogP contribution < -0.4 is 15.8 Å². The topological polar surface area (TPSA) is 81.4 Å². The maximum absolute atomic E-state index is 12.0. The Morgan fingerprint density at radius 3 is 2.25 bits per heavy atom. The lowest BCUT2D eigenvalue weighted by Crippen LogP contribution is -2.23. The first-order valence-electron chi connectivity index (χ1n) is 7.69. The summed E-state index contributed by atoms with van der Waals surface area (Å²) in [5.74, 6) is -0.338. The van der Waals surface area contributed by atoms with Gasteiger partial charge in [-0.15, -0.1) is 0 Å². The molecule has 2 amide bonds. The van der Waals surface area contributed by atoms with Gasteiger partial charge in [0.1, 0.15) is 5.75 Å². The van der Waals surface area contributed by atoms with Crippen LogP contribution in [0.4, 0.5) is 5.69 Å². The van der Waals surface area contributed by atoms with E-state index < -0.39 is 5.91 Å². The van der Waals surface area contributed by atoms with Crippen molar-refractivity contribution in [3.63, 3.8) is 0 Å². The highest BCUT2D eigenvalue weighted by atomic mass is 16.5. The lowest BCUT2D eigenvalue weighted by atomic mass is 9.87. The van der Waals surface area contributed by atoms with Gasteiger partial charge in [0.15, 0.2) is 6.61 Å². The van der Waals surface area contributed by atoms with Crippen molar-refractivity contribution < 1.29 is 14.3 Å². The van der Waals surface area contributed by atoms with Gasteiger partial charge in [-0.1, -0.05) is 45.0 Å². The van der Waals surface area contributed by atoms with Crippen molar-refractivity contribution in [2.45, 2.75) is 26.2 Å². The van der Waals surface area contributed by atoms with Gasteiger partial charge < -0.3 is 15.8 Å². The molecule has 0 aromatic heterocycles. The summed E-state index contributed by atoms with van der Waals surface area (Å²) in [6, 6.07) is 14.2. The Kier molecular flexibility index (Phi) is 5.24. The minimum Gasteiger partial charge on any atom is -0.484 e. The molecule has 5 nitrogen and oxygen atoms in total. The van der Waals surface area contributed by atoms with Crippen molar-refractivity contribution in [3.05, 3.63) is 59.7 Å². The maximum Gasteiger partial charge on any atom is 0.262 e. The number of nitrogens with one attached hydrogen (secondary N) is 1. The number of anilines is 1. The first-order valence-corrected chi connectivity index (χ1v) is 7.69. The molecule has 0 radical (unpaired) electrons. The highest BCUT2D eigenvalue weighted by Crippen LogP contribution is 2.24. The van der Waals surface area contributed by atoms with E-state index in [2.05, 4.69) is 26.1 Å². The quantitative estimate of drug-likeness (QED) is 0.886. The molecule has 2 rings (SSSR count). The Hall–Kier alpha value is -2.82. The maximum atomic E-state index is 12.0. The van der Waals surface area contributed by atoms with Gasteiger partial charge in [-0.2, -0.15) is 0 Å². The molecule has 0 atom stereocenters. The van der Waals surface area contributed by atoms with E-state index in [1.165, 1.54) is 5.56 Å². The van der Waals surface area contributed by atoms with E-state index >= 15 is 0 Å². The van der Waals surface area contributed by atoms with Gasteiger partial charge in [0.05, 0.1) is 11.3 Å². The third-order valence-electron chi connectivity index (χ3n) is 3.56. The zero-order chi connectivity index (χ0) is 17.7. The Bertz CT molecular complexity index is 731. The standard InChI is InChI=1S/C19H22N2O3/c1-19(2,3)13-8-10-14(11-9-13)24-12-17(22)21-16-7-5-4-6-15(16)18(20)23/h4-11H,12H2,1-3H3,(H2,20,23)(H,21,22). The van der Waals surface area contributed by atoms with Crippen LogP contribution in [0.5, 0.6) is 5.75 Å². The van der Waals surface area contributed by atoms with Crippen LogP contribution in [-0.2, 0) is 10.2 Å². The molecule has 0 saturated heterocycles. The summed E-state index contributed by atoms with van der Waals surface area (Å²) in [7, 11) is 0. The highest BCUT2D eigenvalue weighted by Gasteiger charge is 2.14. The molecule has 0 saturated carbocycles. The minimum absolute atomic E-state index is 0.0639. The molecule has 2 aromatic rings. The number of para-hydroxylation sites is 1. The monoisotopic (exact) mass is 326 g/mol. The minimum atomic E-state index is -0.593. The molecule has 3 N–H and O–H groups in total. The van der Waals surface area contributed by atoms with Gasteiger partial charge in [-0.05, 0) is 35.2 Å². The number of nitrogens with two attached hydrogens (primary N) is 1. The van der Waals surface area contributed by atoms with E-state index in [1.807, 2.05) is 24.3 Å². The number of benzene rings is 2. The van der Waals surface area contributed by atoms with Crippen LogP contribution >= 0.6 is 0 Å². The molecule has 0 aliphatic carbocycles. The molecule has 0 unspecified atom stereocenters. The summed E-state index contributed by atoms with van der Waals surface area (Å²) in [4.78, 5) is 23.3. The summed E-state index contributed by atoms with van der Waals surface area (Å²) in [5, 5.41) is 2.63. The molecule has 24 heavy (non-hydrogen) atoms. The third kappa shape index (κ3) is 4.59. The van der Waals surface area contributed by atoms with E-state index in [0.29, 0.717) is 11.4 Å². The summed E-state index contributed by atoms with van der Waals surface area (Å²) < 4.78 is 5.48. The number of primary amides is 1. The zero-order valence-electron chi connectivity index (χ0n) is 14.1. The van der Waals surface area contributed by atoms with Crippen molar-refractivity contribution in [1.82, 2.24) is 0 Å². The Morgan fingerprint density at radius 2 is 1.67 bits per heavy atom. The van der Waals surface area contributed by atoms with E-state index in [-0.39, 0.29) is 23.5 Å². The fourth-order valence-corrected chi connectivity index (χ4v) is 2.19. The van der Waals surface area contributed by atoms with Crippen molar-refractivity contribution in [2.24, 2.45) is 5.73 Å². The fourth-order valence-electron chi connectivity index (χ4n) is 2.19. The molecule has 0 spiro atoms. The van der Waals surface area contributed by atoms with E-state index in [0.717, 1.165) is 0 Å². The van der Waals surface area contributed by atoms with Crippen molar-refractivity contribution in [1.29, 1.82) is 0 Å². The van der Waals surface area contributed by atoms with Gasteiger partial charge in [-0.25, -0.2) is 0 Å². The molecule has 0 aliphatic rings. The Labute approximate surface area is 141 Å². The highest BCUT2D eigenvalue weighted by molar-refractivity contribution is 6.03. The average molecular weight is 326 g/mol. The molecule has 2 aromatic carbocycles. The van der Waals surface area contributed by atoms with Crippen LogP contribution in [0.1, 0.15) is 36.7 Å². The Morgan fingerprint density at radius 1 is 1.04 bits per heavy atom. The van der Waals surface area contributed by atoms with Gasteiger partial charge in [-0.3, -0.25) is 9.59 Å². The zero-order valence-corrected chi connectivity index (χ0v) is 14.1. The van der Waals surface area contributed by atoms with Crippen LogP contribution in [0.2, 0.25) is 0 Å². The number of carbonyl (C=O) groups is 2. The third-order valence-corrected chi connectivity index (χ3v) is 3.56. The molecule has 0 bridgehead atoms. The second-order valence-electron chi connectivity index (χ2n) is 6.52. The van der Waals surface area contributed by atoms with Crippen LogP contribution in [-0.4, -0.2) is 18.4 Å². The van der Waals surface area contributed by atoms with Crippen molar-refractivity contribution in [2.75, 3.05) is 11.9 Å². The van der Waals surface area contributed by atoms with E-state index in [1.54, 1.807) is 24.3 Å². The number of ether oxygens (including phenoxy) is 1. The SMILES string of the molecule is CC(C)(C)c1ccc(OCC(=O)Nc2ccccc2C(N)=O)cc1. The molecular weight excluding hydrogens is 304 g/mol. The molecule has 0 heterocycles. The molecule has 0 aliphatic heterocycles. The predicted molar refractivity (Wildman–Crippen MR) is 94.2 cm³/mol. The number of hydrogen-bond acceptors (Lipinski definition) is 3. The van der Waals surface area contributed by atoms with Crippen molar-refractivity contribution in [3.8, 4) is 5.75 Å². The summed E-state index contributed by atoms with van der Waals surface area (Å²) in [5.41, 5.74) is 7.18. The molecular formula is C19H22N2O3. The number of amides is 2. The number of carbonyl (C=O) groups excluding carboxylic acids is 2. The van der Waals surface area contributed by atoms with Gasteiger partial charge in [0.25, 0.3) is 11.8 Å². The molecule has 5 heteroatoms. The number of hydrogen-bond donors (Lipinski definition) is 2. The van der Waals surface area contributed by atoms with Gasteiger partial charge >= 0.3 is 0 Å².